The third-order valence-electron chi connectivity index (χ3n) is 4.01. The SMILES string of the molecule is COc1ccccc1CC1Oc2ccc(N)cc2N(CCO)C1=O. The lowest BCUT2D eigenvalue weighted by Gasteiger charge is -2.34. The fourth-order valence-electron chi connectivity index (χ4n) is 2.87. The molecule has 0 saturated carbocycles. The molecule has 0 spiro atoms. The summed E-state index contributed by atoms with van der Waals surface area (Å²) in [4.78, 5) is 14.3. The average Bonchev–Trinajstić information content (AvgIpc) is 2.59. The van der Waals surface area contributed by atoms with Gasteiger partial charge in [-0.25, -0.2) is 0 Å². The maximum absolute atomic E-state index is 12.8. The van der Waals surface area contributed by atoms with Crippen LogP contribution in [0.15, 0.2) is 42.5 Å². The van der Waals surface area contributed by atoms with Gasteiger partial charge in [-0.1, -0.05) is 18.2 Å². The summed E-state index contributed by atoms with van der Waals surface area (Å²) in [6, 6.07) is 12.7. The van der Waals surface area contributed by atoms with Crippen molar-refractivity contribution in [2.45, 2.75) is 12.5 Å². The minimum absolute atomic E-state index is 0.138. The fraction of sp³-hybridized carbons (Fsp3) is 0.278. The van der Waals surface area contributed by atoms with Gasteiger partial charge in [0.15, 0.2) is 6.10 Å². The highest BCUT2D eigenvalue weighted by atomic mass is 16.5. The number of aliphatic hydroxyl groups is 1. The summed E-state index contributed by atoms with van der Waals surface area (Å²) in [5.74, 6) is 1.09. The topological polar surface area (TPSA) is 85.0 Å². The lowest BCUT2D eigenvalue weighted by molar-refractivity contribution is -0.126. The third-order valence-corrected chi connectivity index (χ3v) is 4.01. The number of carbonyl (C=O) groups excluding carboxylic acids is 1. The number of aliphatic hydroxyl groups excluding tert-OH is 1. The number of β-amino-alcohol motifs (C(OH)–C–C–N with tert-alkyl or cyclic N) is 1. The number of benzene rings is 2. The Morgan fingerprint density at radius 2 is 2.08 bits per heavy atom. The van der Waals surface area contributed by atoms with Crippen LogP contribution in [0.2, 0.25) is 0 Å². The molecular formula is C18H20N2O4. The zero-order valence-corrected chi connectivity index (χ0v) is 13.4. The predicted molar refractivity (Wildman–Crippen MR) is 91.4 cm³/mol. The number of hydrogen-bond donors (Lipinski definition) is 2. The molecule has 2 aromatic carbocycles. The monoisotopic (exact) mass is 328 g/mol. The van der Waals surface area contributed by atoms with Crippen molar-refractivity contribution in [1.29, 1.82) is 0 Å². The van der Waals surface area contributed by atoms with Gasteiger partial charge in [-0.05, 0) is 29.8 Å². The normalized spacial score (nSPS) is 16.5. The van der Waals surface area contributed by atoms with E-state index in [-0.39, 0.29) is 19.1 Å². The number of methoxy groups -OCH3 is 1. The Balaban J connectivity index is 1.93. The lowest BCUT2D eigenvalue weighted by atomic mass is 10.0. The molecule has 6 heteroatoms. The van der Waals surface area contributed by atoms with Gasteiger partial charge < -0.3 is 25.2 Å². The van der Waals surface area contributed by atoms with Gasteiger partial charge in [0, 0.05) is 18.7 Å². The van der Waals surface area contributed by atoms with E-state index in [1.807, 2.05) is 24.3 Å². The van der Waals surface area contributed by atoms with Crippen molar-refractivity contribution >= 4 is 17.3 Å². The number of hydrogen-bond acceptors (Lipinski definition) is 5. The van der Waals surface area contributed by atoms with E-state index in [4.69, 9.17) is 15.2 Å². The van der Waals surface area contributed by atoms with E-state index in [1.54, 1.807) is 25.3 Å². The van der Waals surface area contributed by atoms with Crippen LogP contribution in [0, 0.1) is 0 Å². The van der Waals surface area contributed by atoms with Crippen LogP contribution in [0.3, 0.4) is 0 Å². The van der Waals surface area contributed by atoms with Crippen LogP contribution in [0.1, 0.15) is 5.56 Å². The second kappa shape index (κ2) is 6.80. The van der Waals surface area contributed by atoms with Crippen LogP contribution in [0.25, 0.3) is 0 Å². The molecule has 2 aromatic rings. The molecule has 0 radical (unpaired) electrons. The van der Waals surface area contributed by atoms with Gasteiger partial charge in [-0.2, -0.15) is 0 Å². The van der Waals surface area contributed by atoms with Crippen molar-refractivity contribution < 1.29 is 19.4 Å². The summed E-state index contributed by atoms with van der Waals surface area (Å²) in [5, 5.41) is 9.30. The van der Waals surface area contributed by atoms with Crippen LogP contribution >= 0.6 is 0 Å². The Morgan fingerprint density at radius 3 is 2.83 bits per heavy atom. The first-order valence-corrected chi connectivity index (χ1v) is 7.74. The molecule has 6 nitrogen and oxygen atoms in total. The molecule has 3 rings (SSSR count). The molecule has 24 heavy (non-hydrogen) atoms. The smallest absolute Gasteiger partial charge is 0.268 e. The highest BCUT2D eigenvalue weighted by molar-refractivity contribution is 6.00. The first kappa shape index (κ1) is 16.1. The Morgan fingerprint density at radius 1 is 1.29 bits per heavy atom. The van der Waals surface area contributed by atoms with Gasteiger partial charge >= 0.3 is 0 Å². The molecule has 1 atom stereocenters. The molecule has 0 aromatic heterocycles. The fourth-order valence-corrected chi connectivity index (χ4v) is 2.87. The first-order valence-electron chi connectivity index (χ1n) is 7.74. The molecule has 126 valence electrons. The van der Waals surface area contributed by atoms with Gasteiger partial charge in [0.25, 0.3) is 5.91 Å². The molecular weight excluding hydrogens is 308 g/mol. The second-order valence-electron chi connectivity index (χ2n) is 5.56. The zero-order chi connectivity index (χ0) is 17.1. The van der Waals surface area contributed by atoms with Crippen molar-refractivity contribution in [2.75, 3.05) is 30.9 Å². The quantitative estimate of drug-likeness (QED) is 0.815. The van der Waals surface area contributed by atoms with Crippen LogP contribution < -0.4 is 20.1 Å². The number of ether oxygens (including phenoxy) is 2. The highest BCUT2D eigenvalue weighted by Crippen LogP contribution is 2.36. The van der Waals surface area contributed by atoms with E-state index in [0.29, 0.717) is 29.3 Å². The molecule has 0 bridgehead atoms. The maximum atomic E-state index is 12.8. The van der Waals surface area contributed by atoms with Crippen LogP contribution in [-0.4, -0.2) is 37.4 Å². The van der Waals surface area contributed by atoms with Crippen molar-refractivity contribution in [3.8, 4) is 11.5 Å². The van der Waals surface area contributed by atoms with E-state index >= 15 is 0 Å². The predicted octanol–water partition coefficient (Wildman–Crippen LogP) is 1.61. The number of nitrogens with zero attached hydrogens (tertiary/aromatic N) is 1. The molecule has 1 aliphatic rings. The number of para-hydroxylation sites is 1. The first-order chi connectivity index (χ1) is 11.6. The minimum atomic E-state index is -0.677. The van der Waals surface area contributed by atoms with Crippen molar-refractivity contribution in [1.82, 2.24) is 0 Å². The Kier molecular flexibility index (Phi) is 4.57. The molecule has 0 fully saturated rings. The number of anilines is 2. The molecule has 1 unspecified atom stereocenters. The van der Waals surface area contributed by atoms with Gasteiger partial charge in [0.05, 0.1) is 19.4 Å². The molecule has 1 amide bonds. The standard InChI is InChI=1S/C18H20N2O4/c1-23-15-5-3-2-4-12(15)10-17-18(22)20(8-9-21)14-11-13(19)6-7-16(14)24-17/h2-7,11,17,21H,8-10,19H2,1H3. The zero-order valence-electron chi connectivity index (χ0n) is 13.4. The molecule has 1 aliphatic heterocycles. The molecule has 3 N–H and O–H groups in total. The maximum Gasteiger partial charge on any atom is 0.268 e. The molecule has 1 heterocycles. The summed E-state index contributed by atoms with van der Waals surface area (Å²) in [7, 11) is 1.60. The van der Waals surface area contributed by atoms with Gasteiger partial charge in [-0.3, -0.25) is 4.79 Å². The van der Waals surface area contributed by atoms with E-state index in [9.17, 15) is 9.90 Å². The van der Waals surface area contributed by atoms with Crippen molar-refractivity contribution in [3.05, 3.63) is 48.0 Å². The summed E-state index contributed by atoms with van der Waals surface area (Å²) < 4.78 is 11.2. The number of nitrogen functional groups attached to an aromatic ring is 1. The Bertz CT molecular complexity index is 748. The summed E-state index contributed by atoms with van der Waals surface area (Å²) in [6.07, 6.45) is -0.293. The van der Waals surface area contributed by atoms with Gasteiger partial charge in [-0.15, -0.1) is 0 Å². The summed E-state index contributed by atoms with van der Waals surface area (Å²) >= 11 is 0. The van der Waals surface area contributed by atoms with Gasteiger partial charge in [0.1, 0.15) is 11.5 Å². The van der Waals surface area contributed by atoms with E-state index in [2.05, 4.69) is 0 Å². The number of fused-ring (bicyclic) bond motifs is 1. The number of amides is 1. The summed E-state index contributed by atoms with van der Waals surface area (Å²) in [6.45, 7) is 0.0580. The van der Waals surface area contributed by atoms with Crippen LogP contribution in [0.5, 0.6) is 11.5 Å². The lowest BCUT2D eigenvalue weighted by Crippen LogP contribution is -2.48. The summed E-state index contributed by atoms with van der Waals surface area (Å²) in [5.41, 5.74) is 7.83. The van der Waals surface area contributed by atoms with E-state index in [0.717, 1.165) is 5.56 Å². The van der Waals surface area contributed by atoms with E-state index in [1.165, 1.54) is 4.90 Å². The Hall–Kier alpha value is -2.73. The van der Waals surface area contributed by atoms with Crippen LogP contribution in [0.4, 0.5) is 11.4 Å². The molecule has 0 saturated heterocycles. The largest absolute Gasteiger partial charge is 0.496 e. The van der Waals surface area contributed by atoms with Gasteiger partial charge in [0.2, 0.25) is 0 Å². The second-order valence-corrected chi connectivity index (χ2v) is 5.56. The highest BCUT2D eigenvalue weighted by Gasteiger charge is 2.34. The average molecular weight is 328 g/mol. The number of rotatable bonds is 5. The van der Waals surface area contributed by atoms with Crippen molar-refractivity contribution in [3.63, 3.8) is 0 Å². The number of carbonyl (C=O) groups is 1. The van der Waals surface area contributed by atoms with Crippen molar-refractivity contribution in [2.24, 2.45) is 0 Å². The third kappa shape index (κ3) is 3.00. The Labute approximate surface area is 140 Å². The minimum Gasteiger partial charge on any atom is -0.496 e. The van der Waals surface area contributed by atoms with E-state index < -0.39 is 6.10 Å². The number of nitrogens with two attached hydrogens (primary N) is 1. The van der Waals surface area contributed by atoms with Crippen LogP contribution in [-0.2, 0) is 11.2 Å². The molecule has 0 aliphatic carbocycles.